The quantitative estimate of drug-likeness (QED) is 0.852. The zero-order chi connectivity index (χ0) is 11.5. The maximum atomic E-state index is 5.64. The standard InChI is InChI=1S/C12H14N2O2/c1-15-11-8-5-3-4-6-9(8)14-10(7-13)12(11)16-2/h3-6H,7,13H2,1-2H3. The summed E-state index contributed by atoms with van der Waals surface area (Å²) >= 11 is 0. The Hall–Kier alpha value is -1.81. The summed E-state index contributed by atoms with van der Waals surface area (Å²) in [6.45, 7) is 0.324. The Balaban J connectivity index is 2.82. The van der Waals surface area contributed by atoms with E-state index in [0.717, 1.165) is 10.9 Å². The fourth-order valence-electron chi connectivity index (χ4n) is 1.76. The van der Waals surface area contributed by atoms with E-state index in [1.54, 1.807) is 14.2 Å². The number of nitrogens with two attached hydrogens (primary N) is 1. The smallest absolute Gasteiger partial charge is 0.184 e. The number of rotatable bonds is 3. The van der Waals surface area contributed by atoms with Gasteiger partial charge in [0.05, 0.1) is 19.7 Å². The van der Waals surface area contributed by atoms with Gasteiger partial charge in [-0.3, -0.25) is 0 Å². The molecule has 0 saturated carbocycles. The van der Waals surface area contributed by atoms with Gasteiger partial charge in [-0.15, -0.1) is 0 Å². The van der Waals surface area contributed by atoms with Crippen LogP contribution in [0.1, 0.15) is 5.69 Å². The van der Waals surface area contributed by atoms with Crippen molar-refractivity contribution in [2.24, 2.45) is 5.73 Å². The molecular formula is C12H14N2O2. The van der Waals surface area contributed by atoms with Crippen molar-refractivity contribution in [3.8, 4) is 11.5 Å². The minimum absolute atomic E-state index is 0.324. The van der Waals surface area contributed by atoms with E-state index in [4.69, 9.17) is 15.2 Å². The van der Waals surface area contributed by atoms with Gasteiger partial charge in [-0.25, -0.2) is 4.98 Å². The Bertz CT molecular complexity index is 512. The monoisotopic (exact) mass is 218 g/mol. The molecule has 2 aromatic rings. The highest BCUT2D eigenvalue weighted by Gasteiger charge is 2.14. The van der Waals surface area contributed by atoms with Gasteiger partial charge in [0, 0.05) is 11.9 Å². The summed E-state index contributed by atoms with van der Waals surface area (Å²) in [6.07, 6.45) is 0. The molecule has 0 bridgehead atoms. The second-order valence-corrected chi connectivity index (χ2v) is 3.35. The van der Waals surface area contributed by atoms with Crippen LogP contribution in [-0.4, -0.2) is 19.2 Å². The van der Waals surface area contributed by atoms with Crippen molar-refractivity contribution in [1.29, 1.82) is 0 Å². The van der Waals surface area contributed by atoms with Crippen LogP contribution in [0.2, 0.25) is 0 Å². The third kappa shape index (κ3) is 1.57. The van der Waals surface area contributed by atoms with E-state index < -0.39 is 0 Å². The highest BCUT2D eigenvalue weighted by Crippen LogP contribution is 2.36. The van der Waals surface area contributed by atoms with Gasteiger partial charge in [-0.05, 0) is 12.1 Å². The zero-order valence-corrected chi connectivity index (χ0v) is 9.36. The number of aromatic nitrogens is 1. The number of methoxy groups -OCH3 is 2. The molecule has 1 aromatic carbocycles. The van der Waals surface area contributed by atoms with Gasteiger partial charge >= 0.3 is 0 Å². The van der Waals surface area contributed by atoms with E-state index in [0.29, 0.717) is 23.7 Å². The lowest BCUT2D eigenvalue weighted by atomic mass is 10.1. The summed E-state index contributed by atoms with van der Waals surface area (Å²) < 4.78 is 10.7. The largest absolute Gasteiger partial charge is 0.492 e. The summed E-state index contributed by atoms with van der Waals surface area (Å²) in [7, 11) is 3.21. The number of para-hydroxylation sites is 1. The third-order valence-corrected chi connectivity index (χ3v) is 2.47. The van der Waals surface area contributed by atoms with Crippen molar-refractivity contribution < 1.29 is 9.47 Å². The minimum atomic E-state index is 0.324. The van der Waals surface area contributed by atoms with E-state index >= 15 is 0 Å². The van der Waals surface area contributed by atoms with Gasteiger partial charge in [0.15, 0.2) is 11.5 Å². The van der Waals surface area contributed by atoms with Gasteiger partial charge < -0.3 is 15.2 Å². The van der Waals surface area contributed by atoms with Crippen LogP contribution >= 0.6 is 0 Å². The van der Waals surface area contributed by atoms with Crippen LogP contribution in [0.15, 0.2) is 24.3 Å². The molecule has 84 valence electrons. The van der Waals surface area contributed by atoms with Crippen LogP contribution in [0.5, 0.6) is 11.5 Å². The molecule has 4 nitrogen and oxygen atoms in total. The van der Waals surface area contributed by atoms with E-state index in [9.17, 15) is 0 Å². The molecule has 4 heteroatoms. The molecule has 0 saturated heterocycles. The Morgan fingerprint density at radius 2 is 1.81 bits per heavy atom. The van der Waals surface area contributed by atoms with E-state index in [2.05, 4.69) is 4.98 Å². The Morgan fingerprint density at radius 1 is 1.12 bits per heavy atom. The van der Waals surface area contributed by atoms with Gasteiger partial charge in [0.25, 0.3) is 0 Å². The Labute approximate surface area is 94.0 Å². The van der Waals surface area contributed by atoms with Crippen molar-refractivity contribution in [2.75, 3.05) is 14.2 Å². The predicted molar refractivity (Wildman–Crippen MR) is 62.7 cm³/mol. The zero-order valence-electron chi connectivity index (χ0n) is 9.36. The van der Waals surface area contributed by atoms with Crippen molar-refractivity contribution in [1.82, 2.24) is 4.98 Å². The average molecular weight is 218 g/mol. The molecule has 0 unspecified atom stereocenters. The highest BCUT2D eigenvalue weighted by molar-refractivity contribution is 5.88. The van der Waals surface area contributed by atoms with Crippen LogP contribution in [0.3, 0.4) is 0 Å². The predicted octanol–water partition coefficient (Wildman–Crippen LogP) is 1.71. The lowest BCUT2D eigenvalue weighted by Gasteiger charge is -2.13. The van der Waals surface area contributed by atoms with Gasteiger partial charge in [0.2, 0.25) is 0 Å². The lowest BCUT2D eigenvalue weighted by molar-refractivity contribution is 0.353. The summed E-state index contributed by atoms with van der Waals surface area (Å²) in [4.78, 5) is 4.44. The first kappa shape index (κ1) is 10.7. The van der Waals surface area contributed by atoms with E-state index in [-0.39, 0.29) is 0 Å². The highest BCUT2D eigenvalue weighted by atomic mass is 16.5. The molecule has 0 atom stereocenters. The molecular weight excluding hydrogens is 204 g/mol. The van der Waals surface area contributed by atoms with Crippen LogP contribution < -0.4 is 15.2 Å². The van der Waals surface area contributed by atoms with Gasteiger partial charge in [-0.2, -0.15) is 0 Å². The third-order valence-electron chi connectivity index (χ3n) is 2.47. The Kier molecular flexibility index (Phi) is 2.92. The number of hydrogen-bond donors (Lipinski definition) is 1. The second kappa shape index (κ2) is 4.37. The first-order valence-corrected chi connectivity index (χ1v) is 5.01. The SMILES string of the molecule is COc1c(CN)nc2ccccc2c1OC. The number of fused-ring (bicyclic) bond motifs is 1. The molecule has 0 radical (unpaired) electrons. The molecule has 16 heavy (non-hydrogen) atoms. The molecule has 0 spiro atoms. The topological polar surface area (TPSA) is 57.4 Å². The lowest BCUT2D eigenvalue weighted by Crippen LogP contribution is -2.05. The van der Waals surface area contributed by atoms with Crippen LogP contribution in [0.25, 0.3) is 10.9 Å². The first-order valence-electron chi connectivity index (χ1n) is 5.01. The fourth-order valence-corrected chi connectivity index (χ4v) is 1.76. The molecule has 2 N–H and O–H groups in total. The molecule has 0 aliphatic rings. The van der Waals surface area contributed by atoms with Crippen molar-refractivity contribution >= 4 is 10.9 Å². The van der Waals surface area contributed by atoms with Crippen molar-refractivity contribution in [3.05, 3.63) is 30.0 Å². The van der Waals surface area contributed by atoms with Gasteiger partial charge in [0.1, 0.15) is 5.69 Å². The number of nitrogens with zero attached hydrogens (tertiary/aromatic N) is 1. The number of pyridine rings is 1. The average Bonchev–Trinajstić information content (AvgIpc) is 2.36. The van der Waals surface area contributed by atoms with Crippen LogP contribution in [0.4, 0.5) is 0 Å². The maximum absolute atomic E-state index is 5.64. The normalized spacial score (nSPS) is 10.4. The van der Waals surface area contributed by atoms with Crippen molar-refractivity contribution in [3.63, 3.8) is 0 Å². The summed E-state index contributed by atoms with van der Waals surface area (Å²) in [6, 6.07) is 7.75. The maximum Gasteiger partial charge on any atom is 0.184 e. The second-order valence-electron chi connectivity index (χ2n) is 3.35. The molecule has 0 amide bonds. The molecule has 2 rings (SSSR count). The van der Waals surface area contributed by atoms with E-state index in [1.165, 1.54) is 0 Å². The molecule has 1 aromatic heterocycles. The van der Waals surface area contributed by atoms with E-state index in [1.807, 2.05) is 24.3 Å². The first-order chi connectivity index (χ1) is 7.81. The summed E-state index contributed by atoms with van der Waals surface area (Å²) in [5.74, 6) is 1.30. The minimum Gasteiger partial charge on any atom is -0.492 e. The fraction of sp³-hybridized carbons (Fsp3) is 0.250. The van der Waals surface area contributed by atoms with Gasteiger partial charge in [-0.1, -0.05) is 12.1 Å². The number of benzene rings is 1. The molecule has 1 heterocycles. The van der Waals surface area contributed by atoms with Crippen LogP contribution in [0, 0.1) is 0 Å². The summed E-state index contributed by atoms with van der Waals surface area (Å²) in [5, 5.41) is 0.930. The molecule has 0 aliphatic heterocycles. The summed E-state index contributed by atoms with van der Waals surface area (Å²) in [5.41, 5.74) is 7.21. The Morgan fingerprint density at radius 3 is 2.44 bits per heavy atom. The van der Waals surface area contributed by atoms with Crippen LogP contribution in [-0.2, 0) is 6.54 Å². The van der Waals surface area contributed by atoms with Crippen molar-refractivity contribution in [2.45, 2.75) is 6.54 Å². The number of hydrogen-bond acceptors (Lipinski definition) is 4. The number of ether oxygens (including phenoxy) is 2. The molecule has 0 fully saturated rings. The molecule has 0 aliphatic carbocycles.